The predicted molar refractivity (Wildman–Crippen MR) is 85.9 cm³/mol. The normalized spacial score (nSPS) is 13.5. The average molecular weight is 369 g/mol. The molecule has 1 aromatic heterocycles. The molecule has 0 amide bonds. The Kier molecular flexibility index (Phi) is 4.38. The lowest BCUT2D eigenvalue weighted by molar-refractivity contribution is 0.0692. The van der Waals surface area contributed by atoms with Crippen molar-refractivity contribution in [1.82, 2.24) is 9.55 Å². The van der Waals surface area contributed by atoms with Crippen LogP contribution >= 0.6 is 0 Å². The smallest absolute Gasteiger partial charge is 0.340 e. The third kappa shape index (κ3) is 3.04. The molecule has 3 rings (SSSR count). The van der Waals surface area contributed by atoms with Crippen molar-refractivity contribution in [1.29, 1.82) is 0 Å². The number of nitrogens with zero attached hydrogens (tertiary/aromatic N) is 2. The number of hydrogen-bond acceptors (Lipinski definition) is 5. The van der Waals surface area contributed by atoms with Gasteiger partial charge in [-0.1, -0.05) is 0 Å². The van der Waals surface area contributed by atoms with Crippen LogP contribution in [-0.4, -0.2) is 35.7 Å². The molecule has 0 spiro atoms. The van der Waals surface area contributed by atoms with Crippen molar-refractivity contribution in [2.75, 3.05) is 11.3 Å². The van der Waals surface area contributed by atoms with Gasteiger partial charge in [-0.3, -0.25) is 4.72 Å². The summed E-state index contributed by atoms with van der Waals surface area (Å²) in [6, 6.07) is 2.10. The van der Waals surface area contributed by atoms with Gasteiger partial charge in [0.15, 0.2) is 5.03 Å². The summed E-state index contributed by atoms with van der Waals surface area (Å²) in [6.45, 7) is 2.30. The Morgan fingerprint density at radius 1 is 1.48 bits per heavy atom. The van der Waals surface area contributed by atoms with Gasteiger partial charge in [0, 0.05) is 13.0 Å². The molecule has 2 aromatic rings. The van der Waals surface area contributed by atoms with Gasteiger partial charge in [-0.15, -0.1) is 0 Å². The van der Waals surface area contributed by atoms with Gasteiger partial charge in [0.25, 0.3) is 10.0 Å². The third-order valence-corrected chi connectivity index (χ3v) is 5.17. The summed E-state index contributed by atoms with van der Waals surface area (Å²) in [6.07, 6.45) is 2.65. The molecule has 25 heavy (non-hydrogen) atoms. The van der Waals surface area contributed by atoms with E-state index in [1.54, 1.807) is 11.5 Å². The fourth-order valence-electron chi connectivity index (χ4n) is 2.78. The summed E-state index contributed by atoms with van der Waals surface area (Å²) in [7, 11) is -4.17. The minimum absolute atomic E-state index is 0.0639. The van der Waals surface area contributed by atoms with Gasteiger partial charge in [-0.05, 0) is 25.5 Å². The number of fused-ring (bicyclic) bond motifs is 1. The highest BCUT2D eigenvalue weighted by Gasteiger charge is 2.29. The number of aryl methyl sites for hydroxylation is 1. The number of halogens is 1. The molecule has 0 saturated carbocycles. The zero-order chi connectivity index (χ0) is 18.2. The van der Waals surface area contributed by atoms with Crippen LogP contribution in [0.5, 0.6) is 5.75 Å². The lowest BCUT2D eigenvalue weighted by Crippen LogP contribution is -2.20. The van der Waals surface area contributed by atoms with Gasteiger partial charge in [0.1, 0.15) is 28.6 Å². The van der Waals surface area contributed by atoms with Gasteiger partial charge in [0.2, 0.25) is 0 Å². The first-order chi connectivity index (χ1) is 11.8. The van der Waals surface area contributed by atoms with Crippen molar-refractivity contribution in [3.63, 3.8) is 0 Å². The van der Waals surface area contributed by atoms with Crippen molar-refractivity contribution >= 4 is 21.7 Å². The molecule has 2 N–H and O–H groups in total. The van der Waals surface area contributed by atoms with Crippen molar-refractivity contribution < 1.29 is 27.4 Å². The van der Waals surface area contributed by atoms with E-state index in [2.05, 4.69) is 9.71 Å². The Hall–Kier alpha value is -2.62. The van der Waals surface area contributed by atoms with Crippen LogP contribution in [0, 0.1) is 5.82 Å². The molecule has 2 heterocycles. The van der Waals surface area contributed by atoms with Crippen LogP contribution in [0.25, 0.3) is 0 Å². The molecule has 0 bridgehead atoms. The molecular formula is C15H16FN3O5S. The van der Waals surface area contributed by atoms with Crippen molar-refractivity contribution in [3.05, 3.63) is 35.5 Å². The molecule has 0 unspecified atom stereocenters. The van der Waals surface area contributed by atoms with E-state index in [1.807, 2.05) is 0 Å². The number of aromatic carboxylic acids is 1. The fourth-order valence-corrected chi connectivity index (χ4v) is 4.03. The topological polar surface area (TPSA) is 111 Å². The second-order valence-corrected chi connectivity index (χ2v) is 7.04. The van der Waals surface area contributed by atoms with Crippen LogP contribution < -0.4 is 9.46 Å². The zero-order valence-electron chi connectivity index (χ0n) is 13.3. The monoisotopic (exact) mass is 369 g/mol. The van der Waals surface area contributed by atoms with Crippen LogP contribution in [0.15, 0.2) is 23.4 Å². The summed E-state index contributed by atoms with van der Waals surface area (Å²) in [5, 5.41) is 9.18. The number of carboxylic acids is 1. The van der Waals surface area contributed by atoms with E-state index in [0.29, 0.717) is 18.8 Å². The molecule has 10 heteroatoms. The van der Waals surface area contributed by atoms with Gasteiger partial charge in [0.05, 0.1) is 12.8 Å². The van der Waals surface area contributed by atoms with E-state index in [4.69, 9.17) is 4.74 Å². The quantitative estimate of drug-likeness (QED) is 0.804. The number of rotatable bonds is 6. The highest BCUT2D eigenvalue weighted by molar-refractivity contribution is 7.92. The average Bonchev–Trinajstić information content (AvgIpc) is 3.12. The first-order valence-corrected chi connectivity index (χ1v) is 9.09. The van der Waals surface area contributed by atoms with E-state index in [9.17, 15) is 22.7 Å². The largest absolute Gasteiger partial charge is 0.492 e. The number of anilines is 1. The molecule has 8 nitrogen and oxygen atoms in total. The summed E-state index contributed by atoms with van der Waals surface area (Å²) in [5.41, 5.74) is -1.24. The molecule has 134 valence electrons. The second-order valence-electron chi connectivity index (χ2n) is 5.41. The summed E-state index contributed by atoms with van der Waals surface area (Å²) in [4.78, 5) is 15.5. The SMILES string of the molecule is CCOc1ccc(F)c(C(=O)O)c1NS(=O)(=O)c1cnc2n1CCC2. The van der Waals surface area contributed by atoms with E-state index >= 15 is 0 Å². The summed E-state index contributed by atoms with van der Waals surface area (Å²) in [5.74, 6) is -2.09. The van der Waals surface area contributed by atoms with E-state index < -0.39 is 33.1 Å². The maximum Gasteiger partial charge on any atom is 0.340 e. The molecule has 0 aliphatic carbocycles. The number of hydrogen-bond donors (Lipinski definition) is 2. The molecule has 0 fully saturated rings. The number of ether oxygens (including phenoxy) is 1. The maximum atomic E-state index is 14.0. The first kappa shape index (κ1) is 17.2. The lowest BCUT2D eigenvalue weighted by atomic mass is 10.1. The standard InChI is InChI=1S/C15H16FN3O5S/c1-2-24-10-6-5-9(16)13(15(20)21)14(10)18-25(22,23)12-8-17-11-4-3-7-19(11)12/h5-6,8,18H,2-4,7H2,1H3,(H,20,21). The Labute approximate surface area is 143 Å². The zero-order valence-corrected chi connectivity index (χ0v) is 14.1. The minimum atomic E-state index is -4.17. The number of sulfonamides is 1. The second kappa shape index (κ2) is 6.36. The molecular weight excluding hydrogens is 353 g/mol. The molecule has 0 saturated heterocycles. The highest BCUT2D eigenvalue weighted by Crippen LogP contribution is 2.33. The van der Waals surface area contributed by atoms with E-state index in [1.165, 1.54) is 12.3 Å². The first-order valence-electron chi connectivity index (χ1n) is 7.61. The Morgan fingerprint density at radius 2 is 2.24 bits per heavy atom. The van der Waals surface area contributed by atoms with Crippen molar-refractivity contribution in [2.24, 2.45) is 0 Å². The number of carboxylic acid groups (broad SMARTS) is 1. The van der Waals surface area contributed by atoms with Gasteiger partial charge < -0.3 is 14.4 Å². The Bertz CT molecular complexity index is 939. The third-order valence-electron chi connectivity index (χ3n) is 3.83. The number of aromatic nitrogens is 2. The lowest BCUT2D eigenvalue weighted by Gasteiger charge is -2.16. The maximum absolute atomic E-state index is 14.0. The number of carbonyl (C=O) groups is 1. The highest BCUT2D eigenvalue weighted by atomic mass is 32.2. The fraction of sp³-hybridized carbons (Fsp3) is 0.333. The number of benzene rings is 1. The molecule has 0 radical (unpaired) electrons. The molecule has 1 aromatic carbocycles. The van der Waals surface area contributed by atoms with E-state index in [-0.39, 0.29) is 17.4 Å². The van der Waals surface area contributed by atoms with E-state index in [0.717, 1.165) is 12.5 Å². The number of imidazole rings is 1. The molecule has 1 aliphatic heterocycles. The Morgan fingerprint density at radius 3 is 2.92 bits per heavy atom. The van der Waals surface area contributed by atoms with Crippen LogP contribution in [0.3, 0.4) is 0 Å². The van der Waals surface area contributed by atoms with Gasteiger partial charge >= 0.3 is 5.97 Å². The number of nitrogens with one attached hydrogen (secondary N) is 1. The summed E-state index contributed by atoms with van der Waals surface area (Å²) >= 11 is 0. The van der Waals surface area contributed by atoms with Crippen molar-refractivity contribution in [2.45, 2.75) is 31.3 Å². The summed E-state index contributed by atoms with van der Waals surface area (Å²) < 4.78 is 48.4. The van der Waals surface area contributed by atoms with Crippen LogP contribution in [-0.2, 0) is 23.0 Å². The predicted octanol–water partition coefficient (Wildman–Crippen LogP) is 1.87. The van der Waals surface area contributed by atoms with Crippen molar-refractivity contribution in [3.8, 4) is 5.75 Å². The molecule has 0 atom stereocenters. The van der Waals surface area contributed by atoms with Gasteiger partial charge in [-0.2, -0.15) is 8.42 Å². The minimum Gasteiger partial charge on any atom is -0.492 e. The molecule has 1 aliphatic rings. The van der Waals surface area contributed by atoms with Gasteiger partial charge in [-0.25, -0.2) is 14.2 Å². The Balaban J connectivity index is 2.09. The van der Waals surface area contributed by atoms with Crippen LogP contribution in [0.4, 0.5) is 10.1 Å². The van der Waals surface area contributed by atoms with Crippen LogP contribution in [0.2, 0.25) is 0 Å². The van der Waals surface area contributed by atoms with Crippen LogP contribution in [0.1, 0.15) is 29.5 Å².